The topological polar surface area (TPSA) is 57.2 Å². The van der Waals surface area contributed by atoms with E-state index in [2.05, 4.69) is 6.92 Å². The van der Waals surface area contributed by atoms with Crippen LogP contribution >= 0.6 is 0 Å². The fraction of sp³-hybridized carbons (Fsp3) is 0.667. The van der Waals surface area contributed by atoms with Crippen molar-refractivity contribution >= 4 is 10.1 Å². The van der Waals surface area contributed by atoms with Crippen molar-refractivity contribution in [1.29, 1.82) is 0 Å². The van der Waals surface area contributed by atoms with Gasteiger partial charge in [-0.05, 0) is 30.5 Å². The number of rotatable bonds is 12. The van der Waals surface area contributed by atoms with E-state index in [1.807, 2.05) is 0 Å². The van der Waals surface area contributed by atoms with E-state index in [0.29, 0.717) is 0 Å². The number of benzene rings is 1. The smallest absolute Gasteiger partial charge is 0.744 e. The third-order valence-corrected chi connectivity index (χ3v) is 4.88. The minimum absolute atomic E-state index is 0. The predicted octanol–water partition coefficient (Wildman–Crippen LogP) is 5.05. The first-order chi connectivity index (χ1) is 10.5. The number of unbranched alkanes of at least 4 members (excludes halogenated alkanes) is 9. The summed E-state index contributed by atoms with van der Waals surface area (Å²) in [5, 5.41) is 0. The van der Waals surface area contributed by atoms with Gasteiger partial charge in [0.25, 0.3) is 0 Å². The fourth-order valence-electron chi connectivity index (χ4n) is 2.64. The van der Waals surface area contributed by atoms with Gasteiger partial charge in [-0.15, -0.1) is 0 Å². The van der Waals surface area contributed by atoms with E-state index in [1.165, 1.54) is 69.9 Å². The van der Waals surface area contributed by atoms with Gasteiger partial charge in [0, 0.05) is 0 Å². The maximum absolute atomic E-state index is 10.8. The van der Waals surface area contributed by atoms with Gasteiger partial charge < -0.3 is 4.55 Å². The van der Waals surface area contributed by atoms with Crippen LogP contribution in [0.3, 0.4) is 0 Å². The molecule has 1 aromatic carbocycles. The summed E-state index contributed by atoms with van der Waals surface area (Å²) in [6, 6.07) is 6.32. The Balaban J connectivity index is 0.00000484. The van der Waals surface area contributed by atoms with Gasteiger partial charge in [0.1, 0.15) is 10.1 Å². The second kappa shape index (κ2) is 13.0. The monoisotopic (exact) mass is 388 g/mol. The molecule has 0 fully saturated rings. The summed E-state index contributed by atoms with van der Waals surface area (Å²) in [5.41, 5.74) is 1.10. The molecule has 0 atom stereocenters. The van der Waals surface area contributed by atoms with E-state index >= 15 is 0 Å². The van der Waals surface area contributed by atoms with Crippen LogP contribution in [0.15, 0.2) is 29.2 Å². The summed E-state index contributed by atoms with van der Waals surface area (Å²) in [4.78, 5) is -0.140. The van der Waals surface area contributed by atoms with Crippen molar-refractivity contribution < 1.29 is 30.0 Å². The molecule has 0 bridgehead atoms. The Hall–Kier alpha value is -0.351. The molecular weight excluding hydrogens is 360 g/mol. The molecule has 0 N–H and O–H groups in total. The van der Waals surface area contributed by atoms with Crippen LogP contribution in [0, 0.1) is 0 Å². The molecule has 23 heavy (non-hydrogen) atoms. The van der Waals surface area contributed by atoms with Crippen LogP contribution in [0.2, 0.25) is 0 Å². The first-order valence-electron chi connectivity index (χ1n) is 8.59. The SMILES string of the molecule is CCCCCCCCCCCCc1ccc(S(=O)(=O)[O-])cc1.[Cu+]. The predicted molar refractivity (Wildman–Crippen MR) is 90.0 cm³/mol. The number of aryl methyl sites for hydroxylation is 1. The summed E-state index contributed by atoms with van der Waals surface area (Å²) in [7, 11) is -4.31. The standard InChI is InChI=1S/C18H30O3S.Cu/c1-2-3-4-5-6-7-8-9-10-11-12-17-13-15-18(16-14-17)22(19,20)21;/h13-16H,2-12H2,1H3,(H,19,20,21);/q;+1/p-1. The van der Waals surface area contributed by atoms with Crippen LogP contribution in [0.25, 0.3) is 0 Å². The molecule has 0 aromatic heterocycles. The minimum Gasteiger partial charge on any atom is -0.744 e. The van der Waals surface area contributed by atoms with Crippen LogP contribution in [-0.2, 0) is 33.6 Å². The van der Waals surface area contributed by atoms with Gasteiger partial charge in [-0.3, -0.25) is 0 Å². The molecule has 0 amide bonds. The zero-order chi connectivity index (χ0) is 16.3. The zero-order valence-electron chi connectivity index (χ0n) is 14.0. The summed E-state index contributed by atoms with van der Waals surface area (Å²) in [5.74, 6) is 0. The Kier molecular flexibility index (Phi) is 12.8. The van der Waals surface area contributed by atoms with Crippen molar-refractivity contribution in [1.82, 2.24) is 0 Å². The van der Waals surface area contributed by atoms with E-state index in [-0.39, 0.29) is 22.0 Å². The fourth-order valence-corrected chi connectivity index (χ4v) is 3.11. The quantitative estimate of drug-likeness (QED) is 0.286. The Morgan fingerprint density at radius 2 is 1.22 bits per heavy atom. The maximum atomic E-state index is 10.8. The molecule has 3 nitrogen and oxygen atoms in total. The Bertz CT molecular complexity index is 498. The van der Waals surface area contributed by atoms with E-state index < -0.39 is 10.1 Å². The van der Waals surface area contributed by atoms with Gasteiger partial charge >= 0.3 is 17.1 Å². The maximum Gasteiger partial charge on any atom is 1.00 e. The van der Waals surface area contributed by atoms with Crippen molar-refractivity contribution in [3.05, 3.63) is 29.8 Å². The average molecular weight is 389 g/mol. The molecule has 136 valence electrons. The molecule has 1 rings (SSSR count). The van der Waals surface area contributed by atoms with Gasteiger partial charge in [-0.1, -0.05) is 76.8 Å². The molecule has 0 radical (unpaired) electrons. The van der Waals surface area contributed by atoms with Crippen molar-refractivity contribution in [3.8, 4) is 0 Å². The van der Waals surface area contributed by atoms with Crippen molar-refractivity contribution in [2.24, 2.45) is 0 Å². The summed E-state index contributed by atoms with van der Waals surface area (Å²) in [6.07, 6.45) is 14.0. The van der Waals surface area contributed by atoms with Crippen LogP contribution in [-0.4, -0.2) is 13.0 Å². The zero-order valence-corrected chi connectivity index (χ0v) is 15.8. The van der Waals surface area contributed by atoms with E-state index in [4.69, 9.17) is 0 Å². The third-order valence-electron chi connectivity index (χ3n) is 4.03. The van der Waals surface area contributed by atoms with Crippen LogP contribution in [0.4, 0.5) is 0 Å². The second-order valence-corrected chi connectivity index (χ2v) is 7.41. The van der Waals surface area contributed by atoms with E-state index in [0.717, 1.165) is 18.4 Å². The van der Waals surface area contributed by atoms with E-state index in [9.17, 15) is 13.0 Å². The molecular formula is C18H29CuO3S. The average Bonchev–Trinajstić information content (AvgIpc) is 2.49. The minimum atomic E-state index is -4.31. The number of hydrogen-bond donors (Lipinski definition) is 0. The van der Waals surface area contributed by atoms with Crippen LogP contribution < -0.4 is 0 Å². The molecule has 0 heterocycles. The van der Waals surface area contributed by atoms with Gasteiger partial charge in [0.05, 0.1) is 4.90 Å². The van der Waals surface area contributed by atoms with Crippen molar-refractivity contribution in [2.45, 2.75) is 82.4 Å². The van der Waals surface area contributed by atoms with Gasteiger partial charge in [0.2, 0.25) is 0 Å². The van der Waals surface area contributed by atoms with Crippen molar-refractivity contribution in [2.75, 3.05) is 0 Å². The summed E-state index contributed by atoms with van der Waals surface area (Å²) < 4.78 is 32.5. The summed E-state index contributed by atoms with van der Waals surface area (Å²) >= 11 is 0. The number of hydrogen-bond acceptors (Lipinski definition) is 3. The molecule has 1 aromatic rings. The molecule has 5 heteroatoms. The molecule has 0 unspecified atom stereocenters. The first kappa shape index (κ1) is 22.6. The Morgan fingerprint density at radius 3 is 1.65 bits per heavy atom. The first-order valence-corrected chi connectivity index (χ1v) is 9.99. The normalized spacial score (nSPS) is 11.2. The van der Waals surface area contributed by atoms with Crippen molar-refractivity contribution in [3.63, 3.8) is 0 Å². The molecule has 0 aliphatic rings. The molecule has 0 aliphatic heterocycles. The molecule has 0 saturated carbocycles. The molecule has 0 spiro atoms. The van der Waals surface area contributed by atoms with E-state index in [1.54, 1.807) is 12.1 Å². The third kappa shape index (κ3) is 10.9. The largest absolute Gasteiger partial charge is 1.00 e. The molecule has 0 aliphatic carbocycles. The molecule has 0 saturated heterocycles. The Morgan fingerprint density at radius 1 is 0.783 bits per heavy atom. The Labute approximate surface area is 152 Å². The van der Waals surface area contributed by atoms with Crippen LogP contribution in [0.5, 0.6) is 0 Å². The second-order valence-electron chi connectivity index (χ2n) is 6.03. The van der Waals surface area contributed by atoms with Gasteiger partial charge in [0.15, 0.2) is 0 Å². The summed E-state index contributed by atoms with van der Waals surface area (Å²) in [6.45, 7) is 2.24. The van der Waals surface area contributed by atoms with Gasteiger partial charge in [-0.25, -0.2) is 8.42 Å². The van der Waals surface area contributed by atoms with Gasteiger partial charge in [-0.2, -0.15) is 0 Å². The van der Waals surface area contributed by atoms with Crippen LogP contribution in [0.1, 0.15) is 76.7 Å².